The van der Waals surface area contributed by atoms with Gasteiger partial charge < -0.3 is 5.32 Å². The number of Topliss-reactive ketones (excluding diaryl/α,β-unsaturated/α-hetero) is 1. The third kappa shape index (κ3) is 7.55. The number of ketones is 1. The Bertz CT molecular complexity index is 175. The molecule has 2 heteroatoms. The first-order valence-electron chi connectivity index (χ1n) is 6.26. The van der Waals surface area contributed by atoms with E-state index >= 15 is 0 Å². The molecule has 1 atom stereocenters. The molecule has 1 N–H and O–H groups in total. The lowest BCUT2D eigenvalue weighted by Crippen LogP contribution is -2.37. The fraction of sp³-hybridized carbons (Fsp3) is 0.923. The van der Waals surface area contributed by atoms with Gasteiger partial charge in [0.1, 0.15) is 5.78 Å². The van der Waals surface area contributed by atoms with Crippen LogP contribution in [-0.2, 0) is 4.79 Å². The van der Waals surface area contributed by atoms with Gasteiger partial charge in [0.25, 0.3) is 0 Å². The minimum Gasteiger partial charge on any atom is -0.311 e. The molecule has 0 rings (SSSR count). The second-order valence-electron chi connectivity index (χ2n) is 4.99. The van der Waals surface area contributed by atoms with E-state index in [9.17, 15) is 4.79 Å². The third-order valence-electron chi connectivity index (χ3n) is 2.57. The minimum absolute atomic E-state index is 0.170. The highest BCUT2D eigenvalue weighted by atomic mass is 16.1. The Morgan fingerprint density at radius 3 is 2.20 bits per heavy atom. The van der Waals surface area contributed by atoms with Crippen LogP contribution in [0.3, 0.4) is 0 Å². The molecule has 0 aliphatic carbocycles. The summed E-state index contributed by atoms with van der Waals surface area (Å²) in [7, 11) is 0. The molecule has 0 aromatic rings. The molecular formula is C13H27NO. The Kier molecular flexibility index (Phi) is 7.67. The molecule has 0 aromatic heterocycles. The normalized spacial score (nSPS) is 13.5. The van der Waals surface area contributed by atoms with E-state index in [0.717, 1.165) is 6.42 Å². The maximum atomic E-state index is 11.7. The molecule has 0 aliphatic heterocycles. The summed E-state index contributed by atoms with van der Waals surface area (Å²) < 4.78 is 0. The van der Waals surface area contributed by atoms with E-state index in [4.69, 9.17) is 0 Å². The number of nitrogens with one attached hydrogen (secondary N) is 1. The van der Waals surface area contributed by atoms with Crippen LogP contribution in [-0.4, -0.2) is 17.9 Å². The molecule has 0 saturated heterocycles. The van der Waals surface area contributed by atoms with Crippen LogP contribution >= 0.6 is 0 Å². The number of rotatable bonds is 8. The summed E-state index contributed by atoms with van der Waals surface area (Å²) in [6.07, 6.45) is 4.21. The van der Waals surface area contributed by atoms with E-state index in [2.05, 4.69) is 26.1 Å². The van der Waals surface area contributed by atoms with Crippen molar-refractivity contribution in [2.24, 2.45) is 5.92 Å². The quantitative estimate of drug-likeness (QED) is 0.671. The second kappa shape index (κ2) is 7.86. The lowest BCUT2D eigenvalue weighted by atomic mass is 9.97. The minimum atomic E-state index is 0.170. The van der Waals surface area contributed by atoms with Gasteiger partial charge in [-0.25, -0.2) is 0 Å². The van der Waals surface area contributed by atoms with E-state index in [1.165, 1.54) is 12.8 Å². The molecule has 0 fully saturated rings. The number of hydrogen-bond acceptors (Lipinski definition) is 2. The van der Waals surface area contributed by atoms with Crippen molar-refractivity contribution in [3.05, 3.63) is 0 Å². The molecule has 0 radical (unpaired) electrons. The largest absolute Gasteiger partial charge is 0.311 e. The van der Waals surface area contributed by atoms with Crippen LogP contribution in [0, 0.1) is 5.92 Å². The van der Waals surface area contributed by atoms with Crippen molar-refractivity contribution >= 4 is 5.78 Å². The summed E-state index contributed by atoms with van der Waals surface area (Å²) in [5.74, 6) is 0.548. The first-order valence-corrected chi connectivity index (χ1v) is 6.26. The van der Waals surface area contributed by atoms with E-state index in [-0.39, 0.29) is 5.92 Å². The van der Waals surface area contributed by atoms with Crippen LogP contribution in [0.25, 0.3) is 0 Å². The predicted molar refractivity (Wildman–Crippen MR) is 66.0 cm³/mol. The van der Waals surface area contributed by atoms with Gasteiger partial charge in [-0.15, -0.1) is 0 Å². The molecular weight excluding hydrogens is 186 g/mol. The van der Waals surface area contributed by atoms with Crippen LogP contribution < -0.4 is 5.32 Å². The Morgan fingerprint density at radius 1 is 1.20 bits per heavy atom. The monoisotopic (exact) mass is 213 g/mol. The molecule has 0 aliphatic rings. The number of carbonyl (C=O) groups is 1. The summed E-state index contributed by atoms with van der Waals surface area (Å²) in [6.45, 7) is 10.4. The fourth-order valence-electron chi connectivity index (χ4n) is 1.64. The summed E-state index contributed by atoms with van der Waals surface area (Å²) in [4.78, 5) is 11.7. The highest BCUT2D eigenvalue weighted by Gasteiger charge is 2.16. The van der Waals surface area contributed by atoms with E-state index in [1.54, 1.807) is 0 Å². The van der Waals surface area contributed by atoms with Gasteiger partial charge in [-0.1, -0.05) is 47.5 Å². The van der Waals surface area contributed by atoms with Crippen molar-refractivity contribution in [2.45, 2.75) is 72.4 Å². The summed E-state index contributed by atoms with van der Waals surface area (Å²) in [5.41, 5.74) is 0. The van der Waals surface area contributed by atoms with Crippen LogP contribution in [0.5, 0.6) is 0 Å². The van der Waals surface area contributed by atoms with Crippen LogP contribution in [0.15, 0.2) is 0 Å². The van der Waals surface area contributed by atoms with Gasteiger partial charge >= 0.3 is 0 Å². The Labute approximate surface area is 94.8 Å². The maximum Gasteiger partial charge on any atom is 0.136 e. The zero-order valence-electron chi connectivity index (χ0n) is 11.0. The topological polar surface area (TPSA) is 29.1 Å². The molecule has 0 amide bonds. The average molecular weight is 213 g/mol. The van der Waals surface area contributed by atoms with E-state index in [0.29, 0.717) is 24.3 Å². The van der Waals surface area contributed by atoms with Crippen LogP contribution in [0.1, 0.15) is 60.3 Å². The molecule has 0 bridgehead atoms. The summed E-state index contributed by atoms with van der Waals surface area (Å²) in [5, 5.41) is 3.48. The van der Waals surface area contributed by atoms with Gasteiger partial charge in [-0.2, -0.15) is 0 Å². The lowest BCUT2D eigenvalue weighted by Gasteiger charge is -2.21. The fourth-order valence-corrected chi connectivity index (χ4v) is 1.64. The Hall–Kier alpha value is -0.370. The molecule has 0 aromatic carbocycles. The van der Waals surface area contributed by atoms with Crippen molar-refractivity contribution in [1.82, 2.24) is 5.32 Å². The zero-order chi connectivity index (χ0) is 11.8. The Morgan fingerprint density at radius 2 is 1.80 bits per heavy atom. The first-order chi connectivity index (χ1) is 6.97. The molecule has 0 heterocycles. The smallest absolute Gasteiger partial charge is 0.136 e. The number of carbonyl (C=O) groups excluding carboxylic acids is 1. The van der Waals surface area contributed by atoms with Gasteiger partial charge in [0, 0.05) is 24.4 Å². The van der Waals surface area contributed by atoms with Crippen molar-refractivity contribution in [1.29, 1.82) is 0 Å². The molecule has 90 valence electrons. The SMILES string of the molecule is CCCCC(CC(=O)C(C)C)NC(C)C. The van der Waals surface area contributed by atoms with E-state index in [1.807, 2.05) is 13.8 Å². The van der Waals surface area contributed by atoms with Crippen molar-refractivity contribution in [2.75, 3.05) is 0 Å². The Balaban J connectivity index is 4.05. The van der Waals surface area contributed by atoms with Crippen LogP contribution in [0.2, 0.25) is 0 Å². The standard InChI is InChI=1S/C13H27NO/c1-6-7-8-12(14-11(4)5)9-13(15)10(2)3/h10-12,14H,6-9H2,1-5H3. The summed E-state index contributed by atoms with van der Waals surface area (Å²) in [6, 6.07) is 0.840. The zero-order valence-corrected chi connectivity index (χ0v) is 11.0. The highest BCUT2D eigenvalue weighted by Crippen LogP contribution is 2.09. The van der Waals surface area contributed by atoms with E-state index < -0.39 is 0 Å². The molecule has 2 nitrogen and oxygen atoms in total. The third-order valence-corrected chi connectivity index (χ3v) is 2.57. The highest BCUT2D eigenvalue weighted by molar-refractivity contribution is 5.80. The van der Waals surface area contributed by atoms with Gasteiger partial charge in [-0.05, 0) is 6.42 Å². The van der Waals surface area contributed by atoms with Crippen LogP contribution in [0.4, 0.5) is 0 Å². The maximum absolute atomic E-state index is 11.7. The predicted octanol–water partition coefficient (Wildman–Crippen LogP) is 3.16. The first kappa shape index (κ1) is 14.6. The summed E-state index contributed by atoms with van der Waals surface area (Å²) >= 11 is 0. The van der Waals surface area contributed by atoms with Gasteiger partial charge in [0.2, 0.25) is 0 Å². The van der Waals surface area contributed by atoms with Gasteiger partial charge in [0.15, 0.2) is 0 Å². The average Bonchev–Trinajstić information content (AvgIpc) is 2.13. The molecule has 1 unspecified atom stereocenters. The van der Waals surface area contributed by atoms with Gasteiger partial charge in [-0.3, -0.25) is 4.79 Å². The van der Waals surface area contributed by atoms with Gasteiger partial charge in [0.05, 0.1) is 0 Å². The van der Waals surface area contributed by atoms with Crippen molar-refractivity contribution in [3.63, 3.8) is 0 Å². The number of hydrogen-bond donors (Lipinski definition) is 1. The molecule has 0 spiro atoms. The lowest BCUT2D eigenvalue weighted by molar-refractivity contribution is -0.122. The van der Waals surface area contributed by atoms with Crippen molar-refractivity contribution < 1.29 is 4.79 Å². The second-order valence-corrected chi connectivity index (χ2v) is 4.99. The number of unbranched alkanes of at least 4 members (excludes halogenated alkanes) is 1. The molecule has 15 heavy (non-hydrogen) atoms. The molecule has 0 saturated carbocycles. The van der Waals surface area contributed by atoms with Crippen molar-refractivity contribution in [3.8, 4) is 0 Å².